The molecule has 5 heteroatoms. The average Bonchev–Trinajstić information content (AvgIpc) is 3.06. The molecule has 0 spiro atoms. The molecule has 1 aromatic heterocycles. The Hall–Kier alpha value is -1.72. The molecule has 128 valence electrons. The van der Waals surface area contributed by atoms with Gasteiger partial charge >= 0.3 is 0 Å². The van der Waals surface area contributed by atoms with Crippen molar-refractivity contribution in [3.8, 4) is 0 Å². The van der Waals surface area contributed by atoms with Gasteiger partial charge < -0.3 is 9.64 Å². The molecule has 1 aliphatic rings. The molecule has 1 unspecified atom stereocenters. The number of thiazole rings is 1. The molecule has 0 bridgehead atoms. The Kier molecular flexibility index (Phi) is 5.99. The first-order chi connectivity index (χ1) is 11.7. The summed E-state index contributed by atoms with van der Waals surface area (Å²) in [6, 6.07) is 10.3. The second-order valence-corrected chi connectivity index (χ2v) is 7.10. The van der Waals surface area contributed by atoms with Crippen molar-refractivity contribution in [1.29, 1.82) is 0 Å². The molecule has 4 nitrogen and oxygen atoms in total. The van der Waals surface area contributed by atoms with Crippen LogP contribution in [0, 0.1) is 6.92 Å². The Morgan fingerprint density at radius 3 is 2.92 bits per heavy atom. The first kappa shape index (κ1) is 17.1. The summed E-state index contributed by atoms with van der Waals surface area (Å²) in [5.41, 5.74) is 2.27. The van der Waals surface area contributed by atoms with Crippen LogP contribution in [0.4, 0.5) is 0 Å². The van der Waals surface area contributed by atoms with Crippen LogP contribution in [0.1, 0.15) is 41.6 Å². The van der Waals surface area contributed by atoms with Crippen LogP contribution < -0.4 is 0 Å². The number of piperidine rings is 1. The van der Waals surface area contributed by atoms with E-state index in [1.54, 1.807) is 11.3 Å². The first-order valence-electron chi connectivity index (χ1n) is 8.57. The molecule has 1 saturated heterocycles. The van der Waals surface area contributed by atoms with Gasteiger partial charge in [0.25, 0.3) is 0 Å². The summed E-state index contributed by atoms with van der Waals surface area (Å²) in [6.45, 7) is 3.55. The van der Waals surface area contributed by atoms with Gasteiger partial charge in [-0.05, 0) is 38.2 Å². The van der Waals surface area contributed by atoms with E-state index in [9.17, 15) is 4.79 Å². The number of likely N-dealkylation sites (tertiary alicyclic amines) is 1. The van der Waals surface area contributed by atoms with Gasteiger partial charge in [-0.1, -0.05) is 30.3 Å². The number of amides is 1. The van der Waals surface area contributed by atoms with E-state index in [0.717, 1.165) is 42.9 Å². The van der Waals surface area contributed by atoms with Crippen LogP contribution >= 0.6 is 11.3 Å². The Morgan fingerprint density at radius 2 is 2.17 bits per heavy atom. The molecule has 2 heterocycles. The van der Waals surface area contributed by atoms with Gasteiger partial charge in [-0.25, -0.2) is 4.98 Å². The van der Waals surface area contributed by atoms with Crippen molar-refractivity contribution in [1.82, 2.24) is 9.88 Å². The molecule has 0 radical (unpaired) electrons. The summed E-state index contributed by atoms with van der Waals surface area (Å²) in [6.07, 6.45) is 4.06. The van der Waals surface area contributed by atoms with E-state index in [1.807, 2.05) is 30.0 Å². The molecule has 2 aromatic rings. The fourth-order valence-corrected chi connectivity index (χ4v) is 4.03. The van der Waals surface area contributed by atoms with Crippen molar-refractivity contribution in [2.24, 2.45) is 0 Å². The number of aromatic nitrogens is 1. The van der Waals surface area contributed by atoms with E-state index in [1.165, 1.54) is 5.56 Å². The highest BCUT2D eigenvalue weighted by atomic mass is 32.1. The number of benzene rings is 1. The van der Waals surface area contributed by atoms with Crippen molar-refractivity contribution in [3.63, 3.8) is 0 Å². The van der Waals surface area contributed by atoms with Crippen molar-refractivity contribution >= 4 is 17.2 Å². The smallest absolute Gasteiger partial charge is 0.249 e. The molecular weight excluding hydrogens is 320 g/mol. The maximum absolute atomic E-state index is 12.6. The second kappa shape index (κ2) is 8.40. The summed E-state index contributed by atoms with van der Waals surface area (Å²) in [5.74, 6) is 0.0839. The van der Waals surface area contributed by atoms with Gasteiger partial charge in [-0.2, -0.15) is 0 Å². The van der Waals surface area contributed by atoms with E-state index in [0.29, 0.717) is 6.61 Å². The largest absolute Gasteiger partial charge is 0.371 e. The van der Waals surface area contributed by atoms with Gasteiger partial charge in [-0.3, -0.25) is 4.79 Å². The fourth-order valence-electron chi connectivity index (χ4n) is 3.09. The zero-order valence-corrected chi connectivity index (χ0v) is 14.9. The van der Waals surface area contributed by atoms with Gasteiger partial charge in [0.15, 0.2) is 0 Å². The van der Waals surface area contributed by atoms with E-state index in [2.05, 4.69) is 22.5 Å². The third kappa shape index (κ3) is 4.42. The van der Waals surface area contributed by atoms with Crippen molar-refractivity contribution in [2.75, 3.05) is 19.8 Å². The highest BCUT2D eigenvalue weighted by Gasteiger charge is 2.29. The predicted molar refractivity (Wildman–Crippen MR) is 96.1 cm³/mol. The van der Waals surface area contributed by atoms with Gasteiger partial charge in [0.2, 0.25) is 5.91 Å². The zero-order valence-electron chi connectivity index (χ0n) is 14.1. The Bertz CT molecular complexity index is 656. The van der Waals surface area contributed by atoms with Gasteiger partial charge in [-0.15, -0.1) is 11.3 Å². The predicted octanol–water partition coefficient (Wildman–Crippen LogP) is 3.76. The number of carbonyl (C=O) groups excluding carboxylic acids is 1. The summed E-state index contributed by atoms with van der Waals surface area (Å²) in [7, 11) is 0. The van der Waals surface area contributed by atoms with Crippen LogP contribution in [0.25, 0.3) is 0 Å². The molecule has 1 amide bonds. The normalized spacial score (nSPS) is 17.9. The summed E-state index contributed by atoms with van der Waals surface area (Å²) >= 11 is 1.66. The number of nitrogens with zero attached hydrogens (tertiary/aromatic N) is 2. The maximum Gasteiger partial charge on any atom is 0.249 e. The number of rotatable bonds is 6. The third-order valence-corrected chi connectivity index (χ3v) is 5.41. The maximum atomic E-state index is 12.6. The SMILES string of the molecule is Cc1csc(C2CCCCN2C(=O)COCCc2ccccc2)n1. The molecule has 1 aromatic carbocycles. The van der Waals surface area contributed by atoms with Crippen molar-refractivity contribution < 1.29 is 9.53 Å². The molecule has 1 fully saturated rings. The summed E-state index contributed by atoms with van der Waals surface area (Å²) < 4.78 is 5.63. The topological polar surface area (TPSA) is 42.4 Å². The fraction of sp³-hybridized carbons (Fsp3) is 0.474. The number of aryl methyl sites for hydroxylation is 1. The van der Waals surface area contributed by atoms with E-state index < -0.39 is 0 Å². The minimum Gasteiger partial charge on any atom is -0.371 e. The van der Waals surface area contributed by atoms with Gasteiger partial charge in [0, 0.05) is 17.6 Å². The molecule has 0 N–H and O–H groups in total. The van der Waals surface area contributed by atoms with Crippen LogP contribution in [-0.4, -0.2) is 35.5 Å². The van der Waals surface area contributed by atoms with Crippen molar-refractivity contribution in [2.45, 2.75) is 38.6 Å². The lowest BCUT2D eigenvalue weighted by molar-refractivity contribution is -0.140. The van der Waals surface area contributed by atoms with E-state index >= 15 is 0 Å². The lowest BCUT2D eigenvalue weighted by Gasteiger charge is -2.34. The van der Waals surface area contributed by atoms with Crippen LogP contribution in [0.2, 0.25) is 0 Å². The quantitative estimate of drug-likeness (QED) is 0.749. The average molecular weight is 344 g/mol. The molecule has 0 aliphatic carbocycles. The molecule has 1 aliphatic heterocycles. The van der Waals surface area contributed by atoms with Gasteiger partial charge in [0.05, 0.1) is 12.6 Å². The molecule has 24 heavy (non-hydrogen) atoms. The summed E-state index contributed by atoms with van der Waals surface area (Å²) in [4.78, 5) is 19.1. The molecule has 3 rings (SSSR count). The highest BCUT2D eigenvalue weighted by molar-refractivity contribution is 7.09. The Labute approximate surface area is 147 Å². The van der Waals surface area contributed by atoms with Crippen LogP contribution in [-0.2, 0) is 16.0 Å². The highest BCUT2D eigenvalue weighted by Crippen LogP contribution is 2.32. The lowest BCUT2D eigenvalue weighted by atomic mass is 10.0. The third-order valence-electron chi connectivity index (χ3n) is 4.35. The molecule has 0 saturated carbocycles. The minimum absolute atomic E-state index is 0.0839. The number of hydrogen-bond acceptors (Lipinski definition) is 4. The Morgan fingerprint density at radius 1 is 1.33 bits per heavy atom. The van der Waals surface area contributed by atoms with Crippen molar-refractivity contribution in [3.05, 3.63) is 52.0 Å². The standard InChI is InChI=1S/C19H24N2O2S/c1-15-14-24-19(20-15)17-9-5-6-11-21(17)18(22)13-23-12-10-16-7-3-2-4-8-16/h2-4,7-8,14,17H,5-6,9-13H2,1H3. The Balaban J connectivity index is 1.51. The lowest BCUT2D eigenvalue weighted by Crippen LogP contribution is -2.40. The molecular formula is C19H24N2O2S. The summed E-state index contributed by atoms with van der Waals surface area (Å²) in [5, 5.41) is 3.12. The number of hydrogen-bond donors (Lipinski definition) is 0. The second-order valence-electron chi connectivity index (χ2n) is 6.21. The molecule has 1 atom stereocenters. The van der Waals surface area contributed by atoms with Crippen LogP contribution in [0.5, 0.6) is 0 Å². The first-order valence-corrected chi connectivity index (χ1v) is 9.45. The zero-order chi connectivity index (χ0) is 16.8. The van der Waals surface area contributed by atoms with Crippen LogP contribution in [0.3, 0.4) is 0 Å². The number of carbonyl (C=O) groups is 1. The minimum atomic E-state index is 0.0839. The van der Waals surface area contributed by atoms with Gasteiger partial charge in [0.1, 0.15) is 11.6 Å². The van der Waals surface area contributed by atoms with E-state index in [-0.39, 0.29) is 18.6 Å². The number of ether oxygens (including phenoxy) is 1. The van der Waals surface area contributed by atoms with E-state index in [4.69, 9.17) is 4.74 Å². The monoisotopic (exact) mass is 344 g/mol. The van der Waals surface area contributed by atoms with Crippen LogP contribution in [0.15, 0.2) is 35.7 Å².